The third-order valence-electron chi connectivity index (χ3n) is 4.03. The van der Waals surface area contributed by atoms with Gasteiger partial charge in [-0.3, -0.25) is 14.0 Å². The molecule has 0 aliphatic rings. The summed E-state index contributed by atoms with van der Waals surface area (Å²) in [6.07, 6.45) is 3.24. The van der Waals surface area contributed by atoms with Gasteiger partial charge in [0.1, 0.15) is 11.5 Å². The van der Waals surface area contributed by atoms with Gasteiger partial charge in [-0.25, -0.2) is 4.98 Å². The number of carbonyl (C=O) groups is 2. The summed E-state index contributed by atoms with van der Waals surface area (Å²) in [6.45, 7) is 3.87. The summed E-state index contributed by atoms with van der Waals surface area (Å²) in [5, 5.41) is 5.44. The summed E-state index contributed by atoms with van der Waals surface area (Å²) in [6, 6.07) is 10.3. The van der Waals surface area contributed by atoms with Gasteiger partial charge in [0.15, 0.2) is 5.69 Å². The first-order chi connectivity index (χ1) is 13.6. The molecule has 0 aliphatic carbocycles. The highest BCUT2D eigenvalue weighted by Gasteiger charge is 2.22. The molecule has 0 aliphatic heterocycles. The lowest BCUT2D eigenvalue weighted by molar-refractivity contribution is 0.0947. The van der Waals surface area contributed by atoms with Crippen LogP contribution in [-0.4, -0.2) is 42.0 Å². The zero-order valence-electron chi connectivity index (χ0n) is 15.6. The number of nitrogens with zero attached hydrogens (tertiary/aromatic N) is 2. The number of anilines is 1. The van der Waals surface area contributed by atoms with Crippen molar-refractivity contribution in [3.8, 4) is 11.5 Å². The van der Waals surface area contributed by atoms with Crippen LogP contribution >= 0.6 is 0 Å². The molecule has 3 rings (SSSR count). The lowest BCUT2D eigenvalue weighted by atomic mass is 10.2. The van der Waals surface area contributed by atoms with E-state index in [1.165, 1.54) is 14.2 Å². The molecule has 3 aromatic rings. The SMILES string of the molecule is C=CCNC(=O)c1nc(C(=O)Nc2cc(OC)ccc2OC)c2ccccn12. The number of ether oxygens (including phenoxy) is 2. The van der Waals surface area contributed by atoms with E-state index in [0.29, 0.717) is 29.2 Å². The molecule has 2 aromatic heterocycles. The molecule has 8 nitrogen and oxygen atoms in total. The van der Waals surface area contributed by atoms with E-state index in [2.05, 4.69) is 22.2 Å². The maximum Gasteiger partial charge on any atom is 0.287 e. The largest absolute Gasteiger partial charge is 0.497 e. The van der Waals surface area contributed by atoms with E-state index in [9.17, 15) is 9.59 Å². The molecule has 2 N–H and O–H groups in total. The molecular formula is C20H20N4O4. The molecule has 8 heteroatoms. The number of pyridine rings is 1. The summed E-state index contributed by atoms with van der Waals surface area (Å²) >= 11 is 0. The predicted octanol–water partition coefficient (Wildman–Crippen LogP) is 2.52. The van der Waals surface area contributed by atoms with Gasteiger partial charge in [-0.05, 0) is 24.3 Å². The van der Waals surface area contributed by atoms with E-state index in [-0.39, 0.29) is 11.5 Å². The number of aromatic nitrogens is 2. The Morgan fingerprint density at radius 2 is 2.00 bits per heavy atom. The predicted molar refractivity (Wildman–Crippen MR) is 105 cm³/mol. The highest BCUT2D eigenvalue weighted by Crippen LogP contribution is 2.29. The van der Waals surface area contributed by atoms with Crippen molar-refractivity contribution >= 4 is 23.0 Å². The summed E-state index contributed by atoms with van der Waals surface area (Å²) in [5.41, 5.74) is 1.06. The van der Waals surface area contributed by atoms with Crippen molar-refractivity contribution in [3.63, 3.8) is 0 Å². The topological polar surface area (TPSA) is 94.0 Å². The van der Waals surface area contributed by atoms with Gasteiger partial charge in [0.05, 0.1) is 25.4 Å². The molecular weight excluding hydrogens is 360 g/mol. The zero-order chi connectivity index (χ0) is 20.1. The number of carbonyl (C=O) groups excluding carboxylic acids is 2. The second kappa shape index (κ2) is 8.26. The minimum atomic E-state index is -0.474. The molecule has 28 heavy (non-hydrogen) atoms. The van der Waals surface area contributed by atoms with E-state index >= 15 is 0 Å². The van der Waals surface area contributed by atoms with Crippen molar-refractivity contribution in [1.82, 2.24) is 14.7 Å². The van der Waals surface area contributed by atoms with E-state index in [1.807, 2.05) is 0 Å². The molecule has 0 unspecified atom stereocenters. The Kier molecular flexibility index (Phi) is 5.59. The van der Waals surface area contributed by atoms with Gasteiger partial charge in [0.25, 0.3) is 11.8 Å². The Hall–Kier alpha value is -3.81. The lowest BCUT2D eigenvalue weighted by Crippen LogP contribution is -2.25. The first kappa shape index (κ1) is 19.0. The van der Waals surface area contributed by atoms with E-state index in [0.717, 1.165) is 0 Å². The van der Waals surface area contributed by atoms with Crippen LogP contribution in [0.15, 0.2) is 55.3 Å². The van der Waals surface area contributed by atoms with Crippen molar-refractivity contribution in [2.45, 2.75) is 0 Å². The van der Waals surface area contributed by atoms with Gasteiger partial charge in [0, 0.05) is 18.8 Å². The fraction of sp³-hybridized carbons (Fsp3) is 0.150. The molecule has 0 bridgehead atoms. The Balaban J connectivity index is 1.99. The van der Waals surface area contributed by atoms with Crippen LogP contribution in [0.25, 0.3) is 5.52 Å². The van der Waals surface area contributed by atoms with E-state index < -0.39 is 11.8 Å². The van der Waals surface area contributed by atoms with Crippen LogP contribution in [0.1, 0.15) is 21.1 Å². The van der Waals surface area contributed by atoms with E-state index in [4.69, 9.17) is 9.47 Å². The number of benzene rings is 1. The Bertz CT molecular complexity index is 1040. The summed E-state index contributed by atoms with van der Waals surface area (Å²) < 4.78 is 12.1. The van der Waals surface area contributed by atoms with E-state index in [1.54, 1.807) is 53.1 Å². The number of imidazole rings is 1. The lowest BCUT2D eigenvalue weighted by Gasteiger charge is -2.11. The Labute approximate surface area is 161 Å². The van der Waals surface area contributed by atoms with Crippen LogP contribution in [0, 0.1) is 0 Å². The maximum atomic E-state index is 12.9. The molecule has 2 amide bonds. The van der Waals surface area contributed by atoms with Crippen LogP contribution in [-0.2, 0) is 0 Å². The Morgan fingerprint density at radius 1 is 1.18 bits per heavy atom. The number of amides is 2. The highest BCUT2D eigenvalue weighted by atomic mass is 16.5. The molecule has 0 saturated heterocycles. The van der Waals surface area contributed by atoms with Crippen LogP contribution in [0.4, 0.5) is 5.69 Å². The average molecular weight is 380 g/mol. The van der Waals surface area contributed by atoms with Gasteiger partial charge in [0.2, 0.25) is 5.82 Å². The average Bonchev–Trinajstić information content (AvgIpc) is 3.12. The van der Waals surface area contributed by atoms with Crippen molar-refractivity contribution in [3.05, 3.63) is 66.8 Å². The van der Waals surface area contributed by atoms with Crippen LogP contribution < -0.4 is 20.1 Å². The third-order valence-corrected chi connectivity index (χ3v) is 4.03. The Morgan fingerprint density at radius 3 is 2.71 bits per heavy atom. The molecule has 1 aromatic carbocycles. The maximum absolute atomic E-state index is 12.9. The van der Waals surface area contributed by atoms with Crippen molar-refractivity contribution in [1.29, 1.82) is 0 Å². The minimum absolute atomic E-state index is 0.111. The summed E-state index contributed by atoms with van der Waals surface area (Å²) in [4.78, 5) is 29.6. The number of fused-ring (bicyclic) bond motifs is 1. The van der Waals surface area contributed by atoms with Gasteiger partial charge < -0.3 is 20.1 Å². The molecule has 2 heterocycles. The monoisotopic (exact) mass is 380 g/mol. The number of methoxy groups -OCH3 is 2. The van der Waals surface area contributed by atoms with Gasteiger partial charge in [-0.2, -0.15) is 0 Å². The molecule has 0 spiro atoms. The van der Waals surface area contributed by atoms with Crippen molar-refractivity contribution in [2.24, 2.45) is 0 Å². The van der Waals surface area contributed by atoms with Crippen molar-refractivity contribution in [2.75, 3.05) is 26.1 Å². The van der Waals surface area contributed by atoms with Crippen LogP contribution in [0.3, 0.4) is 0 Å². The summed E-state index contributed by atoms with van der Waals surface area (Å²) in [7, 11) is 3.04. The first-order valence-corrected chi connectivity index (χ1v) is 8.48. The fourth-order valence-corrected chi connectivity index (χ4v) is 2.70. The third kappa shape index (κ3) is 3.66. The molecule has 0 atom stereocenters. The van der Waals surface area contributed by atoms with Gasteiger partial charge >= 0.3 is 0 Å². The van der Waals surface area contributed by atoms with Gasteiger partial charge in [-0.1, -0.05) is 12.1 Å². The first-order valence-electron chi connectivity index (χ1n) is 8.48. The second-order valence-corrected chi connectivity index (χ2v) is 5.76. The van der Waals surface area contributed by atoms with Crippen LogP contribution in [0.2, 0.25) is 0 Å². The molecule has 144 valence electrons. The molecule has 0 fully saturated rings. The van der Waals surface area contributed by atoms with Gasteiger partial charge in [-0.15, -0.1) is 6.58 Å². The normalized spacial score (nSPS) is 10.4. The van der Waals surface area contributed by atoms with Crippen LogP contribution in [0.5, 0.6) is 11.5 Å². The zero-order valence-corrected chi connectivity index (χ0v) is 15.6. The minimum Gasteiger partial charge on any atom is -0.497 e. The summed E-state index contributed by atoms with van der Waals surface area (Å²) in [5.74, 6) is 0.272. The highest BCUT2D eigenvalue weighted by molar-refractivity contribution is 6.09. The number of nitrogens with one attached hydrogen (secondary N) is 2. The van der Waals surface area contributed by atoms with Crippen molar-refractivity contribution < 1.29 is 19.1 Å². The standard InChI is InChI=1S/C20H20N4O4/c1-4-10-21-20(26)18-23-17(15-7-5-6-11-24(15)18)19(25)22-14-12-13(27-2)8-9-16(14)28-3/h4-9,11-12H,1,10H2,2-3H3,(H,21,26)(H,22,25). The fourth-order valence-electron chi connectivity index (χ4n) is 2.70. The molecule has 0 radical (unpaired) electrons. The number of hydrogen-bond acceptors (Lipinski definition) is 5. The number of rotatable bonds is 7. The molecule has 0 saturated carbocycles. The number of hydrogen-bond donors (Lipinski definition) is 2. The smallest absolute Gasteiger partial charge is 0.287 e. The quantitative estimate of drug-likeness (QED) is 0.614. The second-order valence-electron chi connectivity index (χ2n) is 5.76.